The van der Waals surface area contributed by atoms with E-state index >= 15 is 0 Å². The summed E-state index contributed by atoms with van der Waals surface area (Å²) in [6.45, 7) is 4.29. The number of carbonyl (C=O) groups is 1. The molecule has 1 atom stereocenters. The number of anilines is 1. The Labute approximate surface area is 173 Å². The van der Waals surface area contributed by atoms with Crippen molar-refractivity contribution in [2.75, 3.05) is 31.3 Å². The lowest BCUT2D eigenvalue weighted by Gasteiger charge is -2.24. The zero-order valence-corrected chi connectivity index (χ0v) is 17.0. The molecule has 6 nitrogen and oxygen atoms in total. The maximum absolute atomic E-state index is 13.5. The molecule has 1 unspecified atom stereocenters. The number of carbonyl (C=O) groups excluding carboxylic acids is 1. The minimum Gasteiger partial charge on any atom is -0.486 e. The van der Waals surface area contributed by atoms with Crippen LogP contribution < -0.4 is 14.4 Å². The molecule has 0 N–H and O–H groups in total. The van der Waals surface area contributed by atoms with E-state index < -0.39 is 0 Å². The Morgan fingerprint density at radius 1 is 1.17 bits per heavy atom. The highest BCUT2D eigenvalue weighted by atomic mass is 32.1. The van der Waals surface area contributed by atoms with Gasteiger partial charge < -0.3 is 14.2 Å². The van der Waals surface area contributed by atoms with Gasteiger partial charge in [-0.2, -0.15) is 0 Å². The quantitative estimate of drug-likeness (QED) is 0.645. The predicted molar refractivity (Wildman–Crippen MR) is 112 cm³/mol. The van der Waals surface area contributed by atoms with Gasteiger partial charge in [-0.3, -0.25) is 9.69 Å². The third kappa shape index (κ3) is 3.56. The van der Waals surface area contributed by atoms with Gasteiger partial charge in [0.05, 0.1) is 22.9 Å². The number of para-hydroxylation sites is 1. The lowest BCUT2D eigenvalue weighted by molar-refractivity contribution is 0.0916. The minimum absolute atomic E-state index is 0.0317. The van der Waals surface area contributed by atoms with Crippen LogP contribution >= 0.6 is 11.3 Å². The Hall–Kier alpha value is -2.64. The van der Waals surface area contributed by atoms with E-state index in [1.807, 2.05) is 25.1 Å². The Morgan fingerprint density at radius 2 is 2.03 bits per heavy atom. The van der Waals surface area contributed by atoms with Crippen molar-refractivity contribution in [3.8, 4) is 11.5 Å². The summed E-state index contributed by atoms with van der Waals surface area (Å²) in [4.78, 5) is 20.1. The zero-order chi connectivity index (χ0) is 19.8. The van der Waals surface area contributed by atoms with E-state index in [-0.39, 0.29) is 12.0 Å². The highest BCUT2D eigenvalue weighted by Gasteiger charge is 2.28. The molecule has 5 rings (SSSR count). The number of fused-ring (bicyclic) bond motifs is 2. The van der Waals surface area contributed by atoms with Gasteiger partial charge in [0.2, 0.25) is 0 Å². The molecule has 3 heterocycles. The third-order valence-electron chi connectivity index (χ3n) is 5.28. The standard InChI is InChI=1S/C22H22N2O4S/c1-14-4-2-6-19-20(14)23-22(29-19)24(13-16-5-3-9-26-16)21(25)15-7-8-17-18(12-15)28-11-10-27-17/h2,4,6-8,12,16H,3,5,9-11,13H2,1H3. The Balaban J connectivity index is 1.52. The van der Waals surface area contributed by atoms with Crippen molar-refractivity contribution in [3.05, 3.63) is 47.5 Å². The van der Waals surface area contributed by atoms with E-state index in [9.17, 15) is 4.79 Å². The summed E-state index contributed by atoms with van der Waals surface area (Å²) in [6, 6.07) is 11.5. The molecule has 1 saturated heterocycles. The fourth-order valence-electron chi connectivity index (χ4n) is 3.76. The topological polar surface area (TPSA) is 60.9 Å². The van der Waals surface area contributed by atoms with E-state index in [4.69, 9.17) is 19.2 Å². The predicted octanol–water partition coefficient (Wildman–Crippen LogP) is 4.20. The summed E-state index contributed by atoms with van der Waals surface area (Å²) in [7, 11) is 0. The number of benzene rings is 2. The largest absolute Gasteiger partial charge is 0.486 e. The van der Waals surface area contributed by atoms with Crippen LogP contribution in [0.3, 0.4) is 0 Å². The van der Waals surface area contributed by atoms with Gasteiger partial charge in [0, 0.05) is 12.2 Å². The van der Waals surface area contributed by atoms with E-state index in [1.54, 1.807) is 23.1 Å². The molecule has 1 amide bonds. The van der Waals surface area contributed by atoms with Crippen LogP contribution in [0.25, 0.3) is 10.2 Å². The molecule has 2 aromatic carbocycles. The molecule has 0 saturated carbocycles. The first-order valence-electron chi connectivity index (χ1n) is 9.88. The number of amides is 1. The van der Waals surface area contributed by atoms with Crippen LogP contribution in [0.5, 0.6) is 11.5 Å². The summed E-state index contributed by atoms with van der Waals surface area (Å²) in [5.74, 6) is 1.18. The molecule has 29 heavy (non-hydrogen) atoms. The SMILES string of the molecule is Cc1cccc2sc(N(CC3CCCO3)C(=O)c3ccc4c(c3)OCCO4)nc12. The van der Waals surface area contributed by atoms with E-state index in [1.165, 1.54) is 11.3 Å². The van der Waals surface area contributed by atoms with E-state index in [0.717, 1.165) is 35.2 Å². The van der Waals surface area contributed by atoms with Crippen LogP contribution in [-0.4, -0.2) is 43.4 Å². The zero-order valence-electron chi connectivity index (χ0n) is 16.2. The Morgan fingerprint density at radius 3 is 2.83 bits per heavy atom. The van der Waals surface area contributed by atoms with Crippen molar-refractivity contribution < 1.29 is 19.0 Å². The first-order valence-corrected chi connectivity index (χ1v) is 10.7. The van der Waals surface area contributed by atoms with Crippen molar-refractivity contribution in [2.45, 2.75) is 25.9 Å². The van der Waals surface area contributed by atoms with E-state index in [2.05, 4.69) is 0 Å². The molecule has 150 valence electrons. The average molecular weight is 410 g/mol. The smallest absolute Gasteiger partial charge is 0.260 e. The Kier molecular flexibility index (Phi) is 4.85. The van der Waals surface area contributed by atoms with Crippen molar-refractivity contribution in [1.29, 1.82) is 0 Å². The molecule has 7 heteroatoms. The second-order valence-electron chi connectivity index (χ2n) is 7.33. The van der Waals surface area contributed by atoms with Gasteiger partial charge in [0.15, 0.2) is 16.6 Å². The number of aromatic nitrogens is 1. The van der Waals surface area contributed by atoms with Crippen molar-refractivity contribution >= 4 is 32.6 Å². The summed E-state index contributed by atoms with van der Waals surface area (Å²) in [5.41, 5.74) is 2.61. The molecular weight excluding hydrogens is 388 g/mol. The maximum atomic E-state index is 13.5. The van der Waals surface area contributed by atoms with Crippen LogP contribution in [0.4, 0.5) is 5.13 Å². The van der Waals surface area contributed by atoms with Gasteiger partial charge in [-0.1, -0.05) is 23.5 Å². The summed E-state index contributed by atoms with van der Waals surface area (Å²) < 4.78 is 18.1. The number of rotatable bonds is 4. The number of nitrogens with zero attached hydrogens (tertiary/aromatic N) is 2. The first kappa shape index (κ1) is 18.4. The lowest BCUT2D eigenvalue weighted by atomic mass is 10.1. The fourth-order valence-corrected chi connectivity index (χ4v) is 4.81. The number of hydrogen-bond acceptors (Lipinski definition) is 6. The van der Waals surface area contributed by atoms with Crippen LogP contribution in [0.1, 0.15) is 28.8 Å². The van der Waals surface area contributed by atoms with Crippen molar-refractivity contribution in [3.63, 3.8) is 0 Å². The summed E-state index contributed by atoms with van der Waals surface area (Å²) >= 11 is 1.54. The van der Waals surface area contributed by atoms with Crippen LogP contribution in [0.2, 0.25) is 0 Å². The van der Waals surface area contributed by atoms with Gasteiger partial charge in [-0.05, 0) is 49.6 Å². The molecule has 2 aliphatic heterocycles. The van der Waals surface area contributed by atoms with Gasteiger partial charge in [0.1, 0.15) is 13.2 Å². The molecule has 1 fully saturated rings. The highest BCUT2D eigenvalue weighted by Crippen LogP contribution is 2.34. The molecule has 0 radical (unpaired) electrons. The minimum atomic E-state index is -0.103. The second kappa shape index (κ2) is 7.65. The fraction of sp³-hybridized carbons (Fsp3) is 0.364. The van der Waals surface area contributed by atoms with Gasteiger partial charge in [-0.25, -0.2) is 4.98 Å². The number of aryl methyl sites for hydroxylation is 1. The van der Waals surface area contributed by atoms with Crippen LogP contribution in [-0.2, 0) is 4.74 Å². The number of ether oxygens (including phenoxy) is 3. The Bertz CT molecular complexity index is 1060. The molecule has 3 aromatic rings. The van der Waals surface area contributed by atoms with Crippen molar-refractivity contribution in [2.24, 2.45) is 0 Å². The third-order valence-corrected chi connectivity index (χ3v) is 6.33. The molecule has 0 aliphatic carbocycles. The summed E-state index contributed by atoms with van der Waals surface area (Å²) in [5, 5.41) is 0.699. The van der Waals surface area contributed by atoms with Crippen LogP contribution in [0.15, 0.2) is 36.4 Å². The highest BCUT2D eigenvalue weighted by molar-refractivity contribution is 7.22. The summed E-state index contributed by atoms with van der Waals surface area (Å²) in [6.07, 6.45) is 2.01. The monoisotopic (exact) mass is 410 g/mol. The molecule has 2 aliphatic rings. The second-order valence-corrected chi connectivity index (χ2v) is 8.34. The maximum Gasteiger partial charge on any atom is 0.260 e. The normalized spacial score (nSPS) is 18.2. The first-order chi connectivity index (χ1) is 14.2. The van der Waals surface area contributed by atoms with Gasteiger partial charge >= 0.3 is 0 Å². The molecule has 0 spiro atoms. The number of thiazole rings is 1. The molecule has 1 aromatic heterocycles. The molecule has 0 bridgehead atoms. The van der Waals surface area contributed by atoms with Crippen molar-refractivity contribution in [1.82, 2.24) is 4.98 Å². The van der Waals surface area contributed by atoms with E-state index in [0.29, 0.717) is 42.0 Å². The van der Waals surface area contributed by atoms with Gasteiger partial charge in [0.25, 0.3) is 5.91 Å². The van der Waals surface area contributed by atoms with Crippen LogP contribution in [0, 0.1) is 6.92 Å². The van der Waals surface area contributed by atoms with Gasteiger partial charge in [-0.15, -0.1) is 0 Å². The number of hydrogen-bond donors (Lipinski definition) is 0. The molecular formula is C22H22N2O4S. The lowest BCUT2D eigenvalue weighted by Crippen LogP contribution is -2.37. The average Bonchev–Trinajstić information content (AvgIpc) is 3.41.